The molecule has 0 aromatic heterocycles. The Labute approximate surface area is 162 Å². The molecule has 138 valence electrons. The number of carbonyl (C=O) groups excluding carboxylic acids is 1. The molecule has 0 bridgehead atoms. The predicted octanol–water partition coefficient (Wildman–Crippen LogP) is 4.16. The summed E-state index contributed by atoms with van der Waals surface area (Å²) in [5, 5.41) is 4.63. The van der Waals surface area contributed by atoms with Crippen LogP contribution in [0, 0.1) is 0 Å². The third-order valence-electron chi connectivity index (χ3n) is 3.50. The van der Waals surface area contributed by atoms with Crippen LogP contribution >= 0.6 is 23.4 Å². The summed E-state index contributed by atoms with van der Waals surface area (Å²) in [5.41, 5.74) is 4.13. The third kappa shape index (κ3) is 5.68. The van der Waals surface area contributed by atoms with Crippen molar-refractivity contribution in [1.29, 1.82) is 0 Å². The van der Waals surface area contributed by atoms with Crippen molar-refractivity contribution in [2.24, 2.45) is 5.10 Å². The van der Waals surface area contributed by atoms with Crippen molar-refractivity contribution in [3.05, 3.63) is 52.5 Å². The maximum absolute atomic E-state index is 12.2. The molecule has 0 aliphatic carbocycles. The zero-order valence-corrected chi connectivity index (χ0v) is 16.5. The van der Waals surface area contributed by atoms with Crippen molar-refractivity contribution >= 4 is 35.5 Å². The molecule has 0 unspecified atom stereocenters. The predicted molar refractivity (Wildman–Crippen MR) is 107 cm³/mol. The topological polar surface area (TPSA) is 59.9 Å². The number of ether oxygens (including phenoxy) is 2. The number of amides is 1. The molecule has 1 amide bonds. The summed E-state index contributed by atoms with van der Waals surface area (Å²) >= 11 is 7.73. The van der Waals surface area contributed by atoms with Gasteiger partial charge >= 0.3 is 0 Å². The quantitative estimate of drug-likeness (QED) is 0.416. The third-order valence-corrected chi connectivity index (χ3v) is 4.74. The molecule has 0 spiro atoms. The monoisotopic (exact) mass is 392 g/mol. The van der Waals surface area contributed by atoms with Gasteiger partial charge in [0.15, 0.2) is 0 Å². The van der Waals surface area contributed by atoms with Crippen molar-refractivity contribution in [2.45, 2.75) is 18.2 Å². The highest BCUT2D eigenvalue weighted by Crippen LogP contribution is 2.26. The molecule has 2 rings (SSSR count). The average molecular weight is 393 g/mol. The fourth-order valence-corrected chi connectivity index (χ4v) is 3.30. The highest BCUT2D eigenvalue weighted by Gasteiger charge is 2.09. The Morgan fingerprint density at radius 1 is 1.23 bits per heavy atom. The highest BCUT2D eigenvalue weighted by atomic mass is 35.5. The number of hydrogen-bond acceptors (Lipinski definition) is 5. The number of hydrazone groups is 1. The van der Waals surface area contributed by atoms with E-state index in [2.05, 4.69) is 17.5 Å². The molecule has 0 aliphatic heterocycles. The maximum atomic E-state index is 12.2. The van der Waals surface area contributed by atoms with E-state index in [1.165, 1.54) is 6.21 Å². The van der Waals surface area contributed by atoms with Gasteiger partial charge in [0.2, 0.25) is 5.91 Å². The Morgan fingerprint density at radius 3 is 2.73 bits per heavy atom. The first-order valence-electron chi connectivity index (χ1n) is 8.02. The minimum Gasteiger partial charge on any atom is -0.497 e. The minimum atomic E-state index is -0.219. The van der Waals surface area contributed by atoms with Crippen LogP contribution in [0.2, 0.25) is 5.02 Å². The van der Waals surface area contributed by atoms with Gasteiger partial charge in [-0.3, -0.25) is 4.79 Å². The number of methoxy groups -OCH3 is 2. The Hall–Kier alpha value is -2.18. The largest absolute Gasteiger partial charge is 0.497 e. The molecule has 0 saturated heterocycles. The SMILES string of the molecule is CCSc1ccc(Cl)cc1CC(=O)N/N=C\c1cc(OC)ccc1OC. The molecule has 7 heteroatoms. The first-order valence-corrected chi connectivity index (χ1v) is 9.38. The molecule has 0 heterocycles. The van der Waals surface area contributed by atoms with E-state index < -0.39 is 0 Å². The second-order valence-electron chi connectivity index (χ2n) is 5.26. The molecule has 26 heavy (non-hydrogen) atoms. The summed E-state index contributed by atoms with van der Waals surface area (Å²) in [7, 11) is 3.16. The zero-order valence-electron chi connectivity index (χ0n) is 14.9. The van der Waals surface area contributed by atoms with Gasteiger partial charge in [-0.2, -0.15) is 5.10 Å². The molecule has 5 nitrogen and oxygen atoms in total. The highest BCUT2D eigenvalue weighted by molar-refractivity contribution is 7.99. The number of rotatable bonds is 8. The van der Waals surface area contributed by atoms with E-state index in [1.807, 2.05) is 18.2 Å². The first kappa shape index (κ1) is 20.1. The summed E-state index contributed by atoms with van der Waals surface area (Å²) in [6.07, 6.45) is 1.73. The second kappa shape index (κ2) is 10.1. The number of carbonyl (C=O) groups is 1. The van der Waals surface area contributed by atoms with Crippen LogP contribution in [-0.2, 0) is 11.2 Å². The molecule has 1 N–H and O–H groups in total. The van der Waals surface area contributed by atoms with E-state index in [0.717, 1.165) is 16.2 Å². The minimum absolute atomic E-state index is 0.204. The lowest BCUT2D eigenvalue weighted by Crippen LogP contribution is -2.20. The van der Waals surface area contributed by atoms with E-state index in [1.54, 1.807) is 44.2 Å². The number of thioether (sulfide) groups is 1. The number of nitrogens with one attached hydrogen (secondary N) is 1. The van der Waals surface area contributed by atoms with Gasteiger partial charge in [-0.1, -0.05) is 18.5 Å². The molecule has 0 atom stereocenters. The smallest absolute Gasteiger partial charge is 0.244 e. The number of benzene rings is 2. The van der Waals surface area contributed by atoms with E-state index >= 15 is 0 Å². The maximum Gasteiger partial charge on any atom is 0.244 e. The van der Waals surface area contributed by atoms with Gasteiger partial charge in [0.25, 0.3) is 0 Å². The fraction of sp³-hybridized carbons (Fsp3) is 0.263. The van der Waals surface area contributed by atoms with Crippen LogP contribution in [0.4, 0.5) is 0 Å². The lowest BCUT2D eigenvalue weighted by Gasteiger charge is -2.08. The van der Waals surface area contributed by atoms with Crippen molar-refractivity contribution in [3.63, 3.8) is 0 Å². The number of halogens is 1. The van der Waals surface area contributed by atoms with Crippen LogP contribution in [-0.4, -0.2) is 32.1 Å². The summed E-state index contributed by atoms with van der Waals surface area (Å²) in [5.74, 6) is 2.02. The van der Waals surface area contributed by atoms with Crippen LogP contribution in [0.1, 0.15) is 18.1 Å². The van der Waals surface area contributed by atoms with Gasteiger partial charge in [-0.05, 0) is 47.7 Å². The lowest BCUT2D eigenvalue weighted by molar-refractivity contribution is -0.120. The van der Waals surface area contributed by atoms with Crippen LogP contribution in [0.15, 0.2) is 46.4 Å². The van der Waals surface area contributed by atoms with Crippen LogP contribution in [0.5, 0.6) is 11.5 Å². The van der Waals surface area contributed by atoms with Crippen LogP contribution < -0.4 is 14.9 Å². The van der Waals surface area contributed by atoms with Gasteiger partial charge in [-0.25, -0.2) is 5.43 Å². The average Bonchev–Trinajstić information content (AvgIpc) is 2.64. The zero-order chi connectivity index (χ0) is 18.9. The Morgan fingerprint density at radius 2 is 2.04 bits per heavy atom. The standard InChI is InChI=1S/C19H21ClN2O3S/c1-4-26-18-8-5-15(20)9-13(18)11-19(23)22-21-12-14-10-16(24-2)6-7-17(14)25-3/h5-10,12H,4,11H2,1-3H3,(H,22,23)/b21-12-. The lowest BCUT2D eigenvalue weighted by atomic mass is 10.1. The molecule has 2 aromatic rings. The normalized spacial score (nSPS) is 10.8. The molecular formula is C19H21ClN2O3S. The Kier molecular flexibility index (Phi) is 7.81. The van der Waals surface area contributed by atoms with E-state index in [0.29, 0.717) is 22.1 Å². The van der Waals surface area contributed by atoms with Gasteiger partial charge in [0.1, 0.15) is 11.5 Å². The summed E-state index contributed by atoms with van der Waals surface area (Å²) in [6.45, 7) is 2.06. The van der Waals surface area contributed by atoms with Gasteiger partial charge < -0.3 is 9.47 Å². The Bertz CT molecular complexity index is 796. The molecule has 0 saturated carbocycles. The van der Waals surface area contributed by atoms with Crippen molar-refractivity contribution in [2.75, 3.05) is 20.0 Å². The van der Waals surface area contributed by atoms with E-state index in [9.17, 15) is 4.79 Å². The molecule has 0 aliphatic rings. The summed E-state index contributed by atoms with van der Waals surface area (Å²) in [6, 6.07) is 10.9. The van der Waals surface area contributed by atoms with E-state index in [4.69, 9.17) is 21.1 Å². The van der Waals surface area contributed by atoms with Crippen molar-refractivity contribution in [1.82, 2.24) is 5.43 Å². The van der Waals surface area contributed by atoms with Crippen LogP contribution in [0.25, 0.3) is 0 Å². The molecule has 0 fully saturated rings. The van der Waals surface area contributed by atoms with Gasteiger partial charge in [0, 0.05) is 15.5 Å². The van der Waals surface area contributed by atoms with Gasteiger partial charge in [0.05, 0.1) is 26.9 Å². The second-order valence-corrected chi connectivity index (χ2v) is 7.01. The van der Waals surface area contributed by atoms with Gasteiger partial charge in [-0.15, -0.1) is 11.8 Å². The van der Waals surface area contributed by atoms with Crippen LogP contribution in [0.3, 0.4) is 0 Å². The number of hydrogen-bond donors (Lipinski definition) is 1. The van der Waals surface area contributed by atoms with Crippen molar-refractivity contribution < 1.29 is 14.3 Å². The fourth-order valence-electron chi connectivity index (χ4n) is 2.31. The molecule has 0 radical (unpaired) electrons. The molecular weight excluding hydrogens is 372 g/mol. The van der Waals surface area contributed by atoms with Crippen molar-refractivity contribution in [3.8, 4) is 11.5 Å². The number of nitrogens with zero attached hydrogens (tertiary/aromatic N) is 1. The summed E-state index contributed by atoms with van der Waals surface area (Å²) in [4.78, 5) is 13.3. The summed E-state index contributed by atoms with van der Waals surface area (Å²) < 4.78 is 10.5. The van der Waals surface area contributed by atoms with E-state index in [-0.39, 0.29) is 12.3 Å². The molecule has 2 aromatic carbocycles. The first-order chi connectivity index (χ1) is 12.6. The Balaban J connectivity index is 2.05.